The van der Waals surface area contributed by atoms with E-state index in [0.29, 0.717) is 49.4 Å². The molecule has 1 aliphatic rings. The Bertz CT molecular complexity index is 1570. The van der Waals surface area contributed by atoms with E-state index in [9.17, 15) is 14.4 Å². The number of hydrogen-bond donors (Lipinski definition) is 0. The van der Waals surface area contributed by atoms with Gasteiger partial charge in [-0.1, -0.05) is 48.6 Å². The van der Waals surface area contributed by atoms with E-state index >= 15 is 0 Å². The number of carbonyl (C=O) groups excluding carboxylic acids is 2. The van der Waals surface area contributed by atoms with Crippen LogP contribution in [0.25, 0.3) is 6.08 Å². The summed E-state index contributed by atoms with van der Waals surface area (Å²) >= 11 is 4.68. The maximum atomic E-state index is 13.8. The van der Waals surface area contributed by atoms with Gasteiger partial charge in [0.05, 0.1) is 40.0 Å². The van der Waals surface area contributed by atoms with Crippen LogP contribution in [0, 0.1) is 0 Å². The minimum absolute atomic E-state index is 0.271. The summed E-state index contributed by atoms with van der Waals surface area (Å²) in [5.74, 6) is -0.353. The fraction of sp³-hybridized carbons (Fsp3) is 0.259. The smallest absolute Gasteiger partial charge is 0.338 e. The Morgan fingerprint density at radius 1 is 1.19 bits per heavy atom. The van der Waals surface area contributed by atoms with E-state index in [2.05, 4.69) is 20.9 Å². The van der Waals surface area contributed by atoms with Gasteiger partial charge in [0.1, 0.15) is 0 Å². The number of rotatable bonds is 7. The number of halogens is 1. The first-order valence-corrected chi connectivity index (χ1v) is 13.2. The predicted octanol–water partition coefficient (Wildman–Crippen LogP) is 3.88. The second kappa shape index (κ2) is 11.3. The summed E-state index contributed by atoms with van der Waals surface area (Å²) < 4.78 is 18.6. The summed E-state index contributed by atoms with van der Waals surface area (Å²) in [6.45, 7) is 5.41. The number of aromatic nitrogens is 1. The molecule has 1 aliphatic heterocycles. The molecule has 37 heavy (non-hydrogen) atoms. The number of fused-ring (bicyclic) bond motifs is 1. The van der Waals surface area contributed by atoms with Crippen LogP contribution in [-0.4, -0.2) is 30.2 Å². The molecule has 0 bridgehead atoms. The SMILES string of the molecule is CCOc1cc(/C=c2/sc3n(c2=O)[C@H](c2ccccc2)C(C(=O)OC)=C(CC)N=3)cc(Br)c1OC(C)=O. The summed E-state index contributed by atoms with van der Waals surface area (Å²) in [4.78, 5) is 43.3. The van der Waals surface area contributed by atoms with Crippen LogP contribution in [0.1, 0.15) is 44.4 Å². The Labute approximate surface area is 225 Å². The molecule has 192 valence electrons. The van der Waals surface area contributed by atoms with Gasteiger partial charge in [-0.05, 0) is 58.6 Å². The van der Waals surface area contributed by atoms with Gasteiger partial charge in [0.25, 0.3) is 5.56 Å². The molecule has 1 aromatic heterocycles. The van der Waals surface area contributed by atoms with Crippen molar-refractivity contribution in [1.82, 2.24) is 4.57 Å². The van der Waals surface area contributed by atoms with Crippen molar-refractivity contribution in [1.29, 1.82) is 0 Å². The molecular weight excluding hydrogens is 560 g/mol. The Hall–Kier alpha value is -3.50. The molecule has 0 N–H and O–H groups in total. The highest BCUT2D eigenvalue weighted by Gasteiger charge is 2.33. The van der Waals surface area contributed by atoms with E-state index in [1.54, 1.807) is 22.8 Å². The summed E-state index contributed by atoms with van der Waals surface area (Å²) in [6.07, 6.45) is 2.23. The van der Waals surface area contributed by atoms with E-state index in [1.807, 2.05) is 44.2 Å². The molecule has 10 heteroatoms. The molecule has 8 nitrogen and oxygen atoms in total. The van der Waals surface area contributed by atoms with Crippen molar-refractivity contribution in [2.45, 2.75) is 33.2 Å². The van der Waals surface area contributed by atoms with E-state index in [0.717, 1.165) is 5.56 Å². The number of ether oxygens (including phenoxy) is 3. The molecule has 3 aromatic rings. The van der Waals surface area contributed by atoms with Crippen molar-refractivity contribution in [3.05, 3.63) is 89.0 Å². The predicted molar refractivity (Wildman–Crippen MR) is 143 cm³/mol. The van der Waals surface area contributed by atoms with Gasteiger partial charge in [-0.15, -0.1) is 0 Å². The summed E-state index contributed by atoms with van der Waals surface area (Å²) in [7, 11) is 1.32. The van der Waals surface area contributed by atoms with Crippen molar-refractivity contribution in [2.75, 3.05) is 13.7 Å². The van der Waals surface area contributed by atoms with Crippen molar-refractivity contribution < 1.29 is 23.8 Å². The standard InChI is InChI=1S/C27H25BrN2O6S/c1-5-19-22(26(33)34-4)23(17-10-8-7-9-11-17)30-25(32)21(37-27(30)29-19)14-16-12-18(28)24(36-15(3)31)20(13-16)35-6-2/h7-14,23H,5-6H2,1-4H3/b21-14+/t23-/m1/s1. The first kappa shape index (κ1) is 26.6. The average Bonchev–Trinajstić information content (AvgIpc) is 3.19. The lowest BCUT2D eigenvalue weighted by atomic mass is 9.95. The van der Waals surface area contributed by atoms with E-state index in [1.165, 1.54) is 25.4 Å². The number of hydrogen-bond acceptors (Lipinski definition) is 8. The van der Waals surface area contributed by atoms with Gasteiger partial charge in [0.15, 0.2) is 16.3 Å². The van der Waals surface area contributed by atoms with Gasteiger partial charge < -0.3 is 14.2 Å². The molecule has 0 amide bonds. The maximum absolute atomic E-state index is 13.8. The zero-order chi connectivity index (χ0) is 26.7. The van der Waals surface area contributed by atoms with Crippen LogP contribution in [0.3, 0.4) is 0 Å². The van der Waals surface area contributed by atoms with E-state index in [-0.39, 0.29) is 11.3 Å². The van der Waals surface area contributed by atoms with Crippen LogP contribution in [-0.2, 0) is 14.3 Å². The quantitative estimate of drug-likeness (QED) is 0.309. The average molecular weight is 585 g/mol. The zero-order valence-corrected chi connectivity index (χ0v) is 23.1. The van der Waals surface area contributed by atoms with E-state index < -0.39 is 18.0 Å². The first-order chi connectivity index (χ1) is 17.8. The normalized spacial score (nSPS) is 15.2. The first-order valence-electron chi connectivity index (χ1n) is 11.6. The summed E-state index contributed by atoms with van der Waals surface area (Å²) in [5, 5.41) is 0. The van der Waals surface area contributed by atoms with Crippen molar-refractivity contribution in [2.24, 2.45) is 4.99 Å². The monoisotopic (exact) mass is 584 g/mol. The van der Waals surface area contributed by atoms with Gasteiger partial charge >= 0.3 is 11.9 Å². The molecule has 0 aliphatic carbocycles. The summed E-state index contributed by atoms with van der Waals surface area (Å²) in [5.41, 5.74) is 2.09. The van der Waals surface area contributed by atoms with Crippen molar-refractivity contribution in [3.8, 4) is 11.5 Å². The number of benzene rings is 2. The lowest BCUT2D eigenvalue weighted by Gasteiger charge is -2.25. The molecule has 0 saturated carbocycles. The number of methoxy groups -OCH3 is 1. The third-order valence-electron chi connectivity index (χ3n) is 5.64. The number of nitrogens with zero attached hydrogens (tertiary/aromatic N) is 2. The molecule has 2 heterocycles. The Morgan fingerprint density at radius 2 is 1.92 bits per heavy atom. The minimum atomic E-state index is -0.668. The number of thiazole rings is 1. The Kier molecular flexibility index (Phi) is 8.09. The highest BCUT2D eigenvalue weighted by Crippen LogP contribution is 2.37. The molecule has 4 rings (SSSR count). The largest absolute Gasteiger partial charge is 0.490 e. The van der Waals surface area contributed by atoms with E-state index in [4.69, 9.17) is 14.2 Å². The highest BCUT2D eigenvalue weighted by molar-refractivity contribution is 9.10. The number of carbonyl (C=O) groups is 2. The molecule has 0 saturated heterocycles. The van der Waals surface area contributed by atoms with Crippen molar-refractivity contribution >= 4 is 45.3 Å². The fourth-order valence-electron chi connectivity index (χ4n) is 4.14. The molecule has 0 unspecified atom stereocenters. The van der Waals surface area contributed by atoms with Crippen LogP contribution in [0.15, 0.2) is 68.0 Å². The Morgan fingerprint density at radius 3 is 2.54 bits per heavy atom. The number of esters is 2. The maximum Gasteiger partial charge on any atom is 0.338 e. The third kappa shape index (κ3) is 5.30. The van der Waals surface area contributed by atoms with Gasteiger partial charge in [-0.3, -0.25) is 14.2 Å². The van der Waals surface area contributed by atoms with Crippen LogP contribution >= 0.6 is 27.3 Å². The lowest BCUT2D eigenvalue weighted by Crippen LogP contribution is -2.40. The third-order valence-corrected chi connectivity index (χ3v) is 7.21. The topological polar surface area (TPSA) is 96.2 Å². The van der Waals surface area contributed by atoms with Gasteiger partial charge in [-0.2, -0.15) is 0 Å². The van der Waals surface area contributed by atoms with Gasteiger partial charge in [0, 0.05) is 6.92 Å². The highest BCUT2D eigenvalue weighted by atomic mass is 79.9. The molecule has 0 fully saturated rings. The molecule has 0 radical (unpaired) electrons. The molecule has 2 aromatic carbocycles. The van der Waals surface area contributed by atoms with Crippen molar-refractivity contribution in [3.63, 3.8) is 0 Å². The fourth-order valence-corrected chi connectivity index (χ4v) is 5.70. The van der Waals surface area contributed by atoms with Crippen LogP contribution in [0.2, 0.25) is 0 Å². The van der Waals surface area contributed by atoms with Gasteiger partial charge in [-0.25, -0.2) is 9.79 Å². The number of allylic oxidation sites excluding steroid dienone is 1. The van der Waals surface area contributed by atoms with Crippen LogP contribution in [0.4, 0.5) is 0 Å². The Balaban J connectivity index is 1.94. The molecule has 1 atom stereocenters. The zero-order valence-electron chi connectivity index (χ0n) is 20.7. The van der Waals surface area contributed by atoms with Crippen LogP contribution in [0.5, 0.6) is 11.5 Å². The lowest BCUT2D eigenvalue weighted by molar-refractivity contribution is -0.136. The van der Waals surface area contributed by atoms with Gasteiger partial charge in [0.2, 0.25) is 0 Å². The molecule has 0 spiro atoms. The second-order valence-electron chi connectivity index (χ2n) is 8.06. The minimum Gasteiger partial charge on any atom is -0.490 e. The molecular formula is C27H25BrN2O6S. The summed E-state index contributed by atoms with van der Waals surface area (Å²) in [6, 6.07) is 12.1. The second-order valence-corrected chi connectivity index (χ2v) is 9.92. The van der Waals surface area contributed by atoms with Crippen LogP contribution < -0.4 is 24.4 Å².